The van der Waals surface area contributed by atoms with Crippen LogP contribution >= 0.6 is 27.7 Å². The first kappa shape index (κ1) is 28.6. The minimum Gasteiger partial charge on any atom is -0.497 e. The summed E-state index contributed by atoms with van der Waals surface area (Å²) >= 11 is 4.77. The van der Waals surface area contributed by atoms with Crippen LogP contribution < -0.4 is 10.1 Å². The quantitative estimate of drug-likeness (QED) is 0.249. The summed E-state index contributed by atoms with van der Waals surface area (Å²) in [6.45, 7) is 0.246. The second-order valence-electron chi connectivity index (χ2n) is 9.47. The molecule has 2 heterocycles. The molecule has 5 rings (SSSR count). The van der Waals surface area contributed by atoms with Crippen LogP contribution in [0.1, 0.15) is 35.0 Å². The summed E-state index contributed by atoms with van der Waals surface area (Å²) in [6, 6.07) is 25.0. The van der Waals surface area contributed by atoms with Gasteiger partial charge in [0.2, 0.25) is 5.91 Å². The summed E-state index contributed by atoms with van der Waals surface area (Å²) in [5.41, 5.74) is 3.75. The van der Waals surface area contributed by atoms with Gasteiger partial charge in [-0.25, -0.2) is 5.01 Å². The number of carbonyl (C=O) groups is 2. The van der Waals surface area contributed by atoms with Crippen molar-refractivity contribution in [2.24, 2.45) is 12.1 Å². The van der Waals surface area contributed by atoms with Crippen LogP contribution in [-0.2, 0) is 29.6 Å². The molecule has 11 heteroatoms. The standard InChI is InChI=1S/C30H29BrN6O3S/c1-36-27(18-32-28(38)16-20-6-4-3-5-7-20)33-34-30(36)41-19-29(39)37-26(22-10-14-24(40-2)15-11-22)17-25(35-37)21-8-12-23(31)13-9-21/h3-15,26H,16-19H2,1-2H3,(H,32,38)/t26-/m0/s1. The molecule has 1 aliphatic rings. The number of nitrogens with one attached hydrogen (secondary N) is 1. The molecule has 0 aliphatic carbocycles. The third-order valence-corrected chi connectivity index (χ3v) is 8.28. The van der Waals surface area contributed by atoms with Gasteiger partial charge < -0.3 is 14.6 Å². The van der Waals surface area contributed by atoms with E-state index in [9.17, 15) is 9.59 Å². The summed E-state index contributed by atoms with van der Waals surface area (Å²) in [5.74, 6) is 1.26. The van der Waals surface area contributed by atoms with Crippen LogP contribution in [0.2, 0.25) is 0 Å². The molecule has 1 atom stereocenters. The van der Waals surface area contributed by atoms with Gasteiger partial charge in [-0.15, -0.1) is 10.2 Å². The van der Waals surface area contributed by atoms with E-state index in [4.69, 9.17) is 9.84 Å². The topological polar surface area (TPSA) is 102 Å². The number of halogens is 1. The van der Waals surface area contributed by atoms with Gasteiger partial charge in [-0.05, 0) is 41.0 Å². The molecule has 0 fully saturated rings. The average molecular weight is 634 g/mol. The van der Waals surface area contributed by atoms with E-state index >= 15 is 0 Å². The van der Waals surface area contributed by atoms with Gasteiger partial charge in [-0.2, -0.15) is 5.10 Å². The molecule has 2 amide bonds. The Labute approximate surface area is 251 Å². The number of hydrogen-bond acceptors (Lipinski definition) is 7. The average Bonchev–Trinajstić information content (AvgIpc) is 3.59. The Morgan fingerprint density at radius 1 is 1.02 bits per heavy atom. The highest BCUT2D eigenvalue weighted by atomic mass is 79.9. The van der Waals surface area contributed by atoms with Crippen molar-refractivity contribution in [3.8, 4) is 5.75 Å². The van der Waals surface area contributed by atoms with E-state index in [1.807, 2.05) is 85.9 Å². The molecule has 41 heavy (non-hydrogen) atoms. The van der Waals surface area contributed by atoms with Gasteiger partial charge in [0.15, 0.2) is 11.0 Å². The predicted molar refractivity (Wildman–Crippen MR) is 162 cm³/mol. The molecule has 1 aliphatic heterocycles. The lowest BCUT2D eigenvalue weighted by Crippen LogP contribution is -2.28. The van der Waals surface area contributed by atoms with Gasteiger partial charge in [0.1, 0.15) is 5.75 Å². The van der Waals surface area contributed by atoms with E-state index in [1.165, 1.54) is 11.8 Å². The van der Waals surface area contributed by atoms with Gasteiger partial charge in [0, 0.05) is 17.9 Å². The van der Waals surface area contributed by atoms with Gasteiger partial charge in [0.25, 0.3) is 5.91 Å². The highest BCUT2D eigenvalue weighted by Gasteiger charge is 2.33. The normalized spacial score (nSPS) is 14.6. The predicted octanol–water partition coefficient (Wildman–Crippen LogP) is 4.92. The van der Waals surface area contributed by atoms with Crippen molar-refractivity contribution in [3.05, 3.63) is 106 Å². The maximum absolute atomic E-state index is 13.5. The van der Waals surface area contributed by atoms with Crippen LogP contribution in [0, 0.1) is 0 Å². The molecular weight excluding hydrogens is 604 g/mol. The number of carbonyl (C=O) groups excluding carboxylic acids is 2. The number of methoxy groups -OCH3 is 1. The van der Waals surface area contributed by atoms with Gasteiger partial charge >= 0.3 is 0 Å². The molecule has 0 saturated heterocycles. The summed E-state index contributed by atoms with van der Waals surface area (Å²) in [6.07, 6.45) is 0.893. The molecule has 0 bridgehead atoms. The third kappa shape index (κ3) is 7.04. The first-order chi connectivity index (χ1) is 19.9. The first-order valence-corrected chi connectivity index (χ1v) is 14.8. The SMILES string of the molecule is COc1ccc([C@@H]2CC(c3ccc(Br)cc3)=NN2C(=O)CSc2nnc(CNC(=O)Cc3ccccc3)n2C)cc1. The zero-order valence-corrected chi connectivity index (χ0v) is 25.1. The van der Waals surface area contributed by atoms with Crippen LogP contribution in [0.4, 0.5) is 0 Å². The van der Waals surface area contributed by atoms with Crippen LogP contribution in [0.5, 0.6) is 5.75 Å². The Kier molecular flexibility index (Phi) is 9.15. The molecule has 0 unspecified atom stereocenters. The molecule has 0 radical (unpaired) electrons. The maximum atomic E-state index is 13.5. The lowest BCUT2D eigenvalue weighted by molar-refractivity contribution is -0.130. The highest BCUT2D eigenvalue weighted by Crippen LogP contribution is 2.34. The maximum Gasteiger partial charge on any atom is 0.253 e. The van der Waals surface area contributed by atoms with Crippen molar-refractivity contribution in [1.82, 2.24) is 25.1 Å². The van der Waals surface area contributed by atoms with Crippen LogP contribution in [0.25, 0.3) is 0 Å². The number of hydrazone groups is 1. The number of ether oxygens (including phenoxy) is 1. The number of thioether (sulfide) groups is 1. The molecule has 9 nitrogen and oxygen atoms in total. The molecule has 1 N–H and O–H groups in total. The number of rotatable bonds is 10. The molecule has 4 aromatic rings. The number of aromatic nitrogens is 3. The smallest absolute Gasteiger partial charge is 0.253 e. The Balaban J connectivity index is 1.25. The van der Waals surface area contributed by atoms with E-state index in [0.29, 0.717) is 23.8 Å². The van der Waals surface area contributed by atoms with Crippen LogP contribution in [-0.4, -0.2) is 50.2 Å². The lowest BCUT2D eigenvalue weighted by atomic mass is 9.98. The van der Waals surface area contributed by atoms with Crippen molar-refractivity contribution in [2.45, 2.75) is 30.6 Å². The number of amides is 2. The Morgan fingerprint density at radius 3 is 2.46 bits per heavy atom. The Morgan fingerprint density at radius 2 is 1.76 bits per heavy atom. The fourth-order valence-electron chi connectivity index (χ4n) is 4.48. The van der Waals surface area contributed by atoms with E-state index in [1.54, 1.807) is 16.7 Å². The summed E-state index contributed by atoms with van der Waals surface area (Å²) in [5, 5.41) is 18.3. The fourth-order valence-corrected chi connectivity index (χ4v) is 5.53. The van der Waals surface area contributed by atoms with Crippen molar-refractivity contribution >= 4 is 45.2 Å². The minimum atomic E-state index is -0.234. The molecule has 210 valence electrons. The highest BCUT2D eigenvalue weighted by molar-refractivity contribution is 9.10. The lowest BCUT2D eigenvalue weighted by Gasteiger charge is -2.22. The molecule has 1 aromatic heterocycles. The first-order valence-electron chi connectivity index (χ1n) is 13.0. The molecule has 0 spiro atoms. The van der Waals surface area contributed by atoms with Gasteiger partial charge in [-0.1, -0.05) is 82.3 Å². The number of hydrogen-bond donors (Lipinski definition) is 1. The van der Waals surface area contributed by atoms with E-state index in [2.05, 4.69) is 31.4 Å². The van der Waals surface area contributed by atoms with Crippen LogP contribution in [0.3, 0.4) is 0 Å². The summed E-state index contributed by atoms with van der Waals surface area (Å²) in [4.78, 5) is 25.9. The van der Waals surface area contributed by atoms with Crippen LogP contribution in [0.15, 0.2) is 93.6 Å². The molecule has 0 saturated carbocycles. The van der Waals surface area contributed by atoms with Crippen molar-refractivity contribution in [1.29, 1.82) is 0 Å². The van der Waals surface area contributed by atoms with Gasteiger partial charge in [0.05, 0.1) is 37.6 Å². The third-order valence-electron chi connectivity index (χ3n) is 6.74. The van der Waals surface area contributed by atoms with E-state index in [0.717, 1.165) is 32.6 Å². The monoisotopic (exact) mass is 632 g/mol. The summed E-state index contributed by atoms with van der Waals surface area (Å²) < 4.78 is 8.09. The van der Waals surface area contributed by atoms with Crippen molar-refractivity contribution in [2.75, 3.05) is 12.9 Å². The minimum absolute atomic E-state index is 0.0957. The van der Waals surface area contributed by atoms with E-state index < -0.39 is 0 Å². The fraction of sp³-hybridized carbons (Fsp3) is 0.233. The Hall–Kier alpha value is -3.96. The zero-order chi connectivity index (χ0) is 28.8. The van der Waals surface area contributed by atoms with E-state index in [-0.39, 0.29) is 30.2 Å². The van der Waals surface area contributed by atoms with Crippen molar-refractivity contribution in [3.63, 3.8) is 0 Å². The van der Waals surface area contributed by atoms with Gasteiger partial charge in [-0.3, -0.25) is 9.59 Å². The second-order valence-corrected chi connectivity index (χ2v) is 11.3. The summed E-state index contributed by atoms with van der Waals surface area (Å²) in [7, 11) is 3.45. The largest absolute Gasteiger partial charge is 0.497 e. The Bertz CT molecular complexity index is 1540. The zero-order valence-electron chi connectivity index (χ0n) is 22.7. The second kappa shape index (κ2) is 13.1. The molecular formula is C30H29BrN6O3S. The number of nitrogens with zero attached hydrogens (tertiary/aromatic N) is 5. The molecule has 3 aromatic carbocycles. The number of benzene rings is 3. The van der Waals surface area contributed by atoms with Crippen molar-refractivity contribution < 1.29 is 14.3 Å².